The molecule has 2 aromatic rings. The van der Waals surface area contributed by atoms with Gasteiger partial charge in [0.2, 0.25) is 10.0 Å². The van der Waals surface area contributed by atoms with Crippen LogP contribution < -0.4 is 0 Å². The number of nitrogens with one attached hydrogen (secondary N) is 1. The maximum atomic E-state index is 11.7. The number of hydrogen-bond acceptors (Lipinski definition) is 4. The number of rotatable bonds is 3. The molecular formula is C14H18N4O2S. The van der Waals surface area contributed by atoms with Gasteiger partial charge < -0.3 is 0 Å². The van der Waals surface area contributed by atoms with E-state index in [9.17, 15) is 8.42 Å². The lowest BCUT2D eigenvalue weighted by Gasteiger charge is -2.30. The molecule has 1 aliphatic heterocycles. The van der Waals surface area contributed by atoms with Crippen molar-refractivity contribution in [2.75, 3.05) is 19.3 Å². The van der Waals surface area contributed by atoms with Gasteiger partial charge in [0.05, 0.1) is 17.6 Å². The van der Waals surface area contributed by atoms with Gasteiger partial charge in [0.1, 0.15) is 0 Å². The summed E-state index contributed by atoms with van der Waals surface area (Å²) < 4.78 is 25.0. The van der Waals surface area contributed by atoms with Crippen molar-refractivity contribution in [3.8, 4) is 11.4 Å². The Bertz CT molecular complexity index is 712. The Labute approximate surface area is 124 Å². The Kier molecular flexibility index (Phi) is 3.77. The van der Waals surface area contributed by atoms with E-state index in [0.717, 1.165) is 29.9 Å². The first-order valence-corrected chi connectivity index (χ1v) is 8.81. The predicted molar refractivity (Wildman–Crippen MR) is 80.2 cm³/mol. The molecule has 0 spiro atoms. The van der Waals surface area contributed by atoms with Crippen LogP contribution >= 0.6 is 0 Å². The van der Waals surface area contributed by atoms with E-state index in [-0.39, 0.29) is 5.92 Å². The van der Waals surface area contributed by atoms with E-state index in [4.69, 9.17) is 0 Å². The largest absolute Gasteiger partial charge is 0.276 e. The fourth-order valence-corrected chi connectivity index (χ4v) is 3.62. The van der Waals surface area contributed by atoms with E-state index < -0.39 is 10.0 Å². The smallest absolute Gasteiger partial charge is 0.211 e. The van der Waals surface area contributed by atoms with E-state index in [0.29, 0.717) is 13.1 Å². The summed E-state index contributed by atoms with van der Waals surface area (Å²) in [5.41, 5.74) is 2.64. The van der Waals surface area contributed by atoms with Gasteiger partial charge in [-0.05, 0) is 31.0 Å². The highest BCUT2D eigenvalue weighted by molar-refractivity contribution is 7.88. The van der Waals surface area contributed by atoms with Gasteiger partial charge in [-0.1, -0.05) is 6.07 Å². The number of H-pyrrole nitrogens is 1. The van der Waals surface area contributed by atoms with Crippen LogP contribution in [0.15, 0.2) is 30.5 Å². The van der Waals surface area contributed by atoms with Gasteiger partial charge in [-0.3, -0.25) is 10.1 Å². The van der Waals surface area contributed by atoms with Crippen LogP contribution in [0.25, 0.3) is 11.4 Å². The Balaban J connectivity index is 1.85. The topological polar surface area (TPSA) is 79.0 Å². The predicted octanol–water partition coefficient (Wildman–Crippen LogP) is 1.61. The molecule has 6 nitrogen and oxygen atoms in total. The monoisotopic (exact) mass is 306 g/mol. The molecule has 3 rings (SSSR count). The molecule has 0 radical (unpaired) electrons. The van der Waals surface area contributed by atoms with Crippen molar-refractivity contribution in [3.05, 3.63) is 36.2 Å². The minimum absolute atomic E-state index is 0.149. The number of aromatic amines is 1. The van der Waals surface area contributed by atoms with Crippen molar-refractivity contribution in [1.29, 1.82) is 0 Å². The van der Waals surface area contributed by atoms with Crippen molar-refractivity contribution >= 4 is 10.0 Å². The molecular weight excluding hydrogens is 288 g/mol. The second-order valence-electron chi connectivity index (χ2n) is 5.38. The molecule has 1 fully saturated rings. The van der Waals surface area contributed by atoms with Gasteiger partial charge in [-0.2, -0.15) is 5.10 Å². The molecule has 7 heteroatoms. The quantitative estimate of drug-likeness (QED) is 0.934. The van der Waals surface area contributed by atoms with Crippen molar-refractivity contribution in [2.45, 2.75) is 18.8 Å². The molecule has 21 heavy (non-hydrogen) atoms. The third kappa shape index (κ3) is 3.14. The maximum absolute atomic E-state index is 11.7. The third-order valence-corrected chi connectivity index (χ3v) is 5.09. The van der Waals surface area contributed by atoms with Crippen LogP contribution in [0, 0.1) is 0 Å². The SMILES string of the molecule is CS(=O)(=O)N1CCCC(c2cccc(-c3ccn[nH]3)n2)C1. The van der Waals surface area contributed by atoms with E-state index in [1.807, 2.05) is 24.3 Å². The Morgan fingerprint density at radius 2 is 2.19 bits per heavy atom. The lowest BCUT2D eigenvalue weighted by atomic mass is 9.95. The molecule has 112 valence electrons. The van der Waals surface area contributed by atoms with Gasteiger partial charge in [0.25, 0.3) is 0 Å². The number of pyridine rings is 1. The first-order valence-electron chi connectivity index (χ1n) is 6.96. The molecule has 2 aromatic heterocycles. The minimum Gasteiger partial charge on any atom is -0.276 e. The normalized spacial score (nSPS) is 20.5. The number of piperidine rings is 1. The zero-order chi connectivity index (χ0) is 14.9. The van der Waals surface area contributed by atoms with E-state index in [2.05, 4.69) is 15.2 Å². The molecule has 0 saturated carbocycles. The maximum Gasteiger partial charge on any atom is 0.211 e. The van der Waals surface area contributed by atoms with Crippen LogP contribution in [-0.2, 0) is 10.0 Å². The highest BCUT2D eigenvalue weighted by Gasteiger charge is 2.27. The third-order valence-electron chi connectivity index (χ3n) is 3.82. The summed E-state index contributed by atoms with van der Waals surface area (Å²) in [7, 11) is -3.13. The second-order valence-corrected chi connectivity index (χ2v) is 7.36. The Hall–Kier alpha value is -1.73. The average Bonchev–Trinajstić information content (AvgIpc) is 3.01. The van der Waals surface area contributed by atoms with Crippen molar-refractivity contribution in [1.82, 2.24) is 19.5 Å². The Morgan fingerprint density at radius 1 is 1.33 bits per heavy atom. The van der Waals surface area contributed by atoms with Gasteiger partial charge >= 0.3 is 0 Å². The molecule has 0 aliphatic carbocycles. The van der Waals surface area contributed by atoms with Gasteiger partial charge in [-0.15, -0.1) is 0 Å². The van der Waals surface area contributed by atoms with Crippen LogP contribution in [0.1, 0.15) is 24.5 Å². The molecule has 1 N–H and O–H groups in total. The van der Waals surface area contributed by atoms with Gasteiger partial charge in [-0.25, -0.2) is 12.7 Å². The summed E-state index contributed by atoms with van der Waals surface area (Å²) in [4.78, 5) is 4.66. The van der Waals surface area contributed by atoms with Crippen LogP contribution in [0.4, 0.5) is 0 Å². The highest BCUT2D eigenvalue weighted by atomic mass is 32.2. The van der Waals surface area contributed by atoms with E-state index >= 15 is 0 Å². The summed E-state index contributed by atoms with van der Waals surface area (Å²) in [5.74, 6) is 0.149. The molecule has 0 aromatic carbocycles. The minimum atomic E-state index is -3.13. The molecule has 1 saturated heterocycles. The fraction of sp³-hybridized carbons (Fsp3) is 0.429. The lowest BCUT2D eigenvalue weighted by Crippen LogP contribution is -2.38. The number of hydrogen-bond donors (Lipinski definition) is 1. The van der Waals surface area contributed by atoms with Crippen LogP contribution in [-0.4, -0.2) is 47.2 Å². The molecule has 3 heterocycles. The molecule has 1 unspecified atom stereocenters. The van der Waals surface area contributed by atoms with E-state index in [1.165, 1.54) is 6.26 Å². The fourth-order valence-electron chi connectivity index (χ4n) is 2.71. The first kappa shape index (κ1) is 14.2. The van der Waals surface area contributed by atoms with Crippen LogP contribution in [0.5, 0.6) is 0 Å². The van der Waals surface area contributed by atoms with Crippen LogP contribution in [0.2, 0.25) is 0 Å². The summed E-state index contributed by atoms with van der Waals surface area (Å²) in [6.45, 7) is 1.12. The van der Waals surface area contributed by atoms with Crippen molar-refractivity contribution in [3.63, 3.8) is 0 Å². The molecule has 0 amide bonds. The van der Waals surface area contributed by atoms with Crippen LogP contribution in [0.3, 0.4) is 0 Å². The van der Waals surface area contributed by atoms with E-state index in [1.54, 1.807) is 10.5 Å². The summed E-state index contributed by atoms with van der Waals surface area (Å²) in [5, 5.41) is 6.83. The number of nitrogens with zero attached hydrogens (tertiary/aromatic N) is 3. The highest BCUT2D eigenvalue weighted by Crippen LogP contribution is 2.28. The summed E-state index contributed by atoms with van der Waals surface area (Å²) in [6, 6.07) is 7.72. The number of sulfonamides is 1. The second kappa shape index (κ2) is 5.57. The summed E-state index contributed by atoms with van der Waals surface area (Å²) in [6.07, 6.45) is 4.79. The molecule has 0 bridgehead atoms. The van der Waals surface area contributed by atoms with Crippen molar-refractivity contribution < 1.29 is 8.42 Å². The van der Waals surface area contributed by atoms with Gasteiger partial charge in [0, 0.05) is 30.9 Å². The molecule has 1 atom stereocenters. The number of aromatic nitrogens is 3. The zero-order valence-electron chi connectivity index (χ0n) is 11.9. The lowest BCUT2D eigenvalue weighted by molar-refractivity contribution is 0.314. The van der Waals surface area contributed by atoms with Gasteiger partial charge in [0.15, 0.2) is 0 Å². The molecule has 1 aliphatic rings. The first-order chi connectivity index (χ1) is 10.0. The standard InChI is InChI=1S/C14H18N4O2S/c1-21(19,20)18-9-3-4-11(10-18)12-5-2-6-13(16-12)14-7-8-15-17-14/h2,5-8,11H,3-4,9-10H2,1H3,(H,15,17). The Morgan fingerprint density at radius 3 is 2.90 bits per heavy atom. The zero-order valence-corrected chi connectivity index (χ0v) is 12.7. The summed E-state index contributed by atoms with van der Waals surface area (Å²) >= 11 is 0. The average molecular weight is 306 g/mol. The van der Waals surface area contributed by atoms with Crippen molar-refractivity contribution in [2.24, 2.45) is 0 Å².